The third-order valence-corrected chi connectivity index (χ3v) is 4.94. The van der Waals surface area contributed by atoms with Crippen molar-refractivity contribution in [3.8, 4) is 5.75 Å². The first-order valence-corrected chi connectivity index (χ1v) is 9.07. The van der Waals surface area contributed by atoms with Crippen LogP contribution in [0.5, 0.6) is 5.75 Å². The fourth-order valence-electron chi connectivity index (χ4n) is 2.45. The zero-order valence-corrected chi connectivity index (χ0v) is 13.0. The second kappa shape index (κ2) is 6.33. The lowest BCUT2D eigenvalue weighted by Gasteiger charge is -2.35. The predicted molar refractivity (Wildman–Crippen MR) is 78.8 cm³/mol. The van der Waals surface area contributed by atoms with Crippen molar-refractivity contribution >= 4 is 19.7 Å². The molecule has 0 saturated carbocycles. The summed E-state index contributed by atoms with van der Waals surface area (Å²) < 4.78 is 34.1. The molecule has 1 fully saturated rings. The van der Waals surface area contributed by atoms with E-state index in [9.17, 15) is 8.42 Å². The van der Waals surface area contributed by atoms with E-state index in [1.807, 2.05) is 31.2 Å². The summed E-state index contributed by atoms with van der Waals surface area (Å²) >= 11 is 0. The number of hydrogen-bond donors (Lipinski definition) is 0. The smallest absolute Gasteiger partial charge is 0.233 e. The molecule has 2 rings (SSSR count). The summed E-state index contributed by atoms with van der Waals surface area (Å²) in [5.74, 6) is 0.710. The van der Waals surface area contributed by atoms with Crippen molar-refractivity contribution in [2.45, 2.75) is 19.8 Å². The van der Waals surface area contributed by atoms with Gasteiger partial charge in [-0.15, -0.1) is 0 Å². The maximum atomic E-state index is 11.5. The van der Waals surface area contributed by atoms with Gasteiger partial charge in [0.15, 0.2) is 0 Å². The molecule has 1 aromatic carbocycles. The van der Waals surface area contributed by atoms with Gasteiger partial charge in [-0.25, -0.2) is 8.42 Å². The van der Waals surface area contributed by atoms with Crippen LogP contribution in [0.4, 0.5) is 0 Å². The van der Waals surface area contributed by atoms with Gasteiger partial charge in [0.05, 0.1) is 12.4 Å². The van der Waals surface area contributed by atoms with E-state index >= 15 is 0 Å². The van der Waals surface area contributed by atoms with Gasteiger partial charge in [0.25, 0.3) is 0 Å². The van der Waals surface area contributed by atoms with Gasteiger partial charge in [0.1, 0.15) is 5.75 Å². The molecule has 1 aromatic rings. The molecule has 0 N–H and O–H groups in total. The van der Waals surface area contributed by atoms with E-state index in [1.165, 1.54) is 0 Å². The lowest BCUT2D eigenvalue weighted by atomic mass is 9.83. The third kappa shape index (κ3) is 4.36. The first kappa shape index (κ1) is 15.6. The Morgan fingerprint density at radius 3 is 2.55 bits per heavy atom. The minimum atomic E-state index is -3.56. The molecule has 0 aliphatic carbocycles. The van der Waals surface area contributed by atoms with Crippen molar-refractivity contribution in [1.29, 1.82) is 0 Å². The van der Waals surface area contributed by atoms with E-state index < -0.39 is 14.5 Å². The summed E-state index contributed by atoms with van der Waals surface area (Å²) in [6.07, 6.45) is 1.29. The van der Waals surface area contributed by atoms with Crippen LogP contribution in [0.15, 0.2) is 24.3 Å². The number of rotatable bonds is 5. The van der Waals surface area contributed by atoms with Crippen LogP contribution in [-0.4, -0.2) is 34.0 Å². The van der Waals surface area contributed by atoms with Gasteiger partial charge in [-0.1, -0.05) is 18.2 Å². The number of benzene rings is 1. The topological polar surface area (TPSA) is 52.6 Å². The maximum Gasteiger partial charge on any atom is 0.233 e. The summed E-state index contributed by atoms with van der Waals surface area (Å²) in [7, 11) is 1.88. The van der Waals surface area contributed by atoms with Crippen LogP contribution in [0, 0.1) is 12.3 Å². The molecule has 6 heteroatoms. The summed E-state index contributed by atoms with van der Waals surface area (Å²) in [5.41, 5.74) is 0.574. The van der Waals surface area contributed by atoms with Gasteiger partial charge in [0.2, 0.25) is 9.05 Å². The molecule has 0 aromatic heterocycles. The minimum absolute atomic E-state index is 0.0726. The fraction of sp³-hybridized carbons (Fsp3) is 0.571. The minimum Gasteiger partial charge on any atom is -0.493 e. The zero-order chi connectivity index (χ0) is 14.6. The number of para-hydroxylation sites is 1. The Hall–Kier alpha value is -0.780. The Morgan fingerprint density at radius 2 is 1.95 bits per heavy atom. The van der Waals surface area contributed by atoms with Crippen LogP contribution in [0.1, 0.15) is 18.4 Å². The van der Waals surface area contributed by atoms with Crippen LogP contribution in [0.25, 0.3) is 0 Å². The summed E-state index contributed by atoms with van der Waals surface area (Å²) in [4.78, 5) is 0. The molecule has 0 amide bonds. The van der Waals surface area contributed by atoms with Gasteiger partial charge >= 0.3 is 0 Å². The number of aryl methyl sites for hydroxylation is 1. The van der Waals surface area contributed by atoms with Crippen LogP contribution < -0.4 is 4.74 Å². The SMILES string of the molecule is Cc1ccccc1OCC1(CS(=O)(=O)Cl)CCOCC1. The molecule has 4 nitrogen and oxygen atoms in total. The van der Waals surface area contributed by atoms with Crippen LogP contribution in [-0.2, 0) is 13.8 Å². The number of hydrogen-bond acceptors (Lipinski definition) is 4. The Labute approximate surface area is 124 Å². The second-order valence-corrected chi connectivity index (χ2v) is 8.13. The van der Waals surface area contributed by atoms with Crippen LogP contribution in [0.2, 0.25) is 0 Å². The average Bonchev–Trinajstić information content (AvgIpc) is 2.37. The number of ether oxygens (including phenoxy) is 2. The molecule has 0 spiro atoms. The molecule has 0 unspecified atom stereocenters. The molecule has 1 heterocycles. The standard InChI is InChI=1S/C14H19ClO4S/c1-12-4-2-3-5-13(12)19-10-14(11-20(15,16)17)6-8-18-9-7-14/h2-5H,6-11H2,1H3. The second-order valence-electron chi connectivity index (χ2n) is 5.35. The maximum absolute atomic E-state index is 11.5. The van der Waals surface area contributed by atoms with E-state index in [0.29, 0.717) is 32.7 Å². The van der Waals surface area contributed by atoms with E-state index in [2.05, 4.69) is 0 Å². The lowest BCUT2D eigenvalue weighted by Crippen LogP contribution is -2.40. The molecule has 1 aliphatic heterocycles. The molecule has 20 heavy (non-hydrogen) atoms. The van der Waals surface area contributed by atoms with E-state index in [0.717, 1.165) is 11.3 Å². The Balaban J connectivity index is 2.10. The van der Waals surface area contributed by atoms with Crippen molar-refractivity contribution in [3.63, 3.8) is 0 Å². The molecular weight excluding hydrogens is 300 g/mol. The van der Waals surface area contributed by atoms with Crippen molar-refractivity contribution in [2.75, 3.05) is 25.6 Å². The van der Waals surface area contributed by atoms with Crippen molar-refractivity contribution in [3.05, 3.63) is 29.8 Å². The molecule has 0 atom stereocenters. The highest BCUT2D eigenvalue weighted by atomic mass is 35.7. The highest BCUT2D eigenvalue weighted by Crippen LogP contribution is 2.34. The molecule has 0 bridgehead atoms. The fourth-order valence-corrected chi connectivity index (χ4v) is 4.25. The normalized spacial score (nSPS) is 18.7. The molecule has 0 radical (unpaired) electrons. The summed E-state index contributed by atoms with van der Waals surface area (Å²) in [5, 5.41) is 0. The quantitative estimate of drug-likeness (QED) is 0.783. The zero-order valence-electron chi connectivity index (χ0n) is 11.5. The van der Waals surface area contributed by atoms with Crippen LogP contribution >= 0.6 is 10.7 Å². The molecule has 112 valence electrons. The third-order valence-electron chi connectivity index (χ3n) is 3.66. The first-order chi connectivity index (χ1) is 9.40. The Bertz CT molecular complexity index is 550. The highest BCUT2D eigenvalue weighted by Gasteiger charge is 2.37. The number of halogens is 1. The molecule has 1 saturated heterocycles. The van der Waals surface area contributed by atoms with Crippen molar-refractivity contribution in [2.24, 2.45) is 5.41 Å². The predicted octanol–water partition coefficient (Wildman–Crippen LogP) is 2.74. The summed E-state index contributed by atoms with van der Waals surface area (Å²) in [6, 6.07) is 7.69. The molecule has 1 aliphatic rings. The van der Waals surface area contributed by atoms with Gasteiger partial charge in [-0.3, -0.25) is 0 Å². The van der Waals surface area contributed by atoms with Gasteiger partial charge in [-0.05, 0) is 31.4 Å². The molecular formula is C14H19ClO4S. The highest BCUT2D eigenvalue weighted by molar-refractivity contribution is 8.13. The Kier molecular flexibility index (Phi) is 4.94. The van der Waals surface area contributed by atoms with Crippen molar-refractivity contribution < 1.29 is 17.9 Å². The summed E-state index contributed by atoms with van der Waals surface area (Å²) in [6.45, 7) is 3.39. The van der Waals surface area contributed by atoms with Gasteiger partial charge in [0, 0.05) is 29.3 Å². The van der Waals surface area contributed by atoms with E-state index in [4.69, 9.17) is 20.2 Å². The van der Waals surface area contributed by atoms with Gasteiger partial charge < -0.3 is 9.47 Å². The average molecular weight is 319 g/mol. The van der Waals surface area contributed by atoms with Crippen molar-refractivity contribution in [1.82, 2.24) is 0 Å². The largest absolute Gasteiger partial charge is 0.493 e. The lowest BCUT2D eigenvalue weighted by molar-refractivity contribution is 0.00217. The van der Waals surface area contributed by atoms with Crippen LogP contribution in [0.3, 0.4) is 0 Å². The van der Waals surface area contributed by atoms with Gasteiger partial charge in [-0.2, -0.15) is 0 Å². The first-order valence-electron chi connectivity index (χ1n) is 6.59. The van der Waals surface area contributed by atoms with E-state index in [-0.39, 0.29) is 5.75 Å². The Morgan fingerprint density at radius 1 is 1.30 bits per heavy atom. The van der Waals surface area contributed by atoms with E-state index in [1.54, 1.807) is 0 Å². The monoisotopic (exact) mass is 318 g/mol.